The molecule has 5 nitrogen and oxygen atoms in total. The van der Waals surface area contributed by atoms with Crippen LogP contribution in [0, 0.1) is 0 Å². The van der Waals surface area contributed by atoms with Crippen LogP contribution in [0.4, 0.5) is 0 Å². The summed E-state index contributed by atoms with van der Waals surface area (Å²) in [4.78, 5) is 13.7. The average molecular weight is 236 g/mol. The maximum Gasteiger partial charge on any atom is 0.242 e. The standard InChI is InChI=1S/C9H17N3O2.ClH/c10-7-1-3-12(5-7)9(13)8-6-14-4-2-11-8;/h7-8,11H,1-6,10H2;1H/t7-,8-;/m1./s1. The van der Waals surface area contributed by atoms with Gasteiger partial charge in [-0.25, -0.2) is 0 Å². The van der Waals surface area contributed by atoms with Crippen molar-refractivity contribution in [3.63, 3.8) is 0 Å². The first-order valence-corrected chi connectivity index (χ1v) is 5.13. The van der Waals surface area contributed by atoms with Crippen molar-refractivity contribution in [2.45, 2.75) is 18.5 Å². The van der Waals surface area contributed by atoms with Crippen molar-refractivity contribution in [2.24, 2.45) is 5.73 Å². The number of hydrogen-bond donors (Lipinski definition) is 2. The van der Waals surface area contributed by atoms with E-state index in [-0.39, 0.29) is 30.4 Å². The molecule has 3 N–H and O–H groups in total. The molecule has 2 atom stereocenters. The molecule has 2 rings (SSSR count). The van der Waals surface area contributed by atoms with Gasteiger partial charge >= 0.3 is 0 Å². The number of carbonyl (C=O) groups is 1. The van der Waals surface area contributed by atoms with Crippen molar-refractivity contribution < 1.29 is 9.53 Å². The van der Waals surface area contributed by atoms with Crippen molar-refractivity contribution in [1.29, 1.82) is 0 Å². The van der Waals surface area contributed by atoms with Crippen LogP contribution in [0.2, 0.25) is 0 Å². The van der Waals surface area contributed by atoms with Gasteiger partial charge in [0.1, 0.15) is 6.04 Å². The number of amides is 1. The van der Waals surface area contributed by atoms with Gasteiger partial charge in [-0.05, 0) is 6.42 Å². The van der Waals surface area contributed by atoms with Gasteiger partial charge in [-0.15, -0.1) is 12.4 Å². The fraction of sp³-hybridized carbons (Fsp3) is 0.889. The summed E-state index contributed by atoms with van der Waals surface area (Å²) in [6.45, 7) is 3.43. The summed E-state index contributed by atoms with van der Waals surface area (Å²) >= 11 is 0. The van der Waals surface area contributed by atoms with Crippen LogP contribution in [0.15, 0.2) is 0 Å². The zero-order valence-electron chi connectivity index (χ0n) is 8.65. The molecule has 1 amide bonds. The number of carbonyl (C=O) groups excluding carboxylic acids is 1. The second-order valence-corrected chi connectivity index (χ2v) is 3.91. The number of hydrogen-bond acceptors (Lipinski definition) is 4. The predicted molar refractivity (Wildman–Crippen MR) is 59.0 cm³/mol. The van der Waals surface area contributed by atoms with Gasteiger partial charge in [0.15, 0.2) is 0 Å². The normalized spacial score (nSPS) is 31.1. The molecule has 0 aromatic rings. The summed E-state index contributed by atoms with van der Waals surface area (Å²) in [5.74, 6) is 0.137. The van der Waals surface area contributed by atoms with Crippen LogP contribution >= 0.6 is 12.4 Å². The number of morpholine rings is 1. The molecule has 6 heteroatoms. The summed E-state index contributed by atoms with van der Waals surface area (Å²) in [6.07, 6.45) is 0.916. The maximum absolute atomic E-state index is 11.9. The molecule has 2 heterocycles. The number of likely N-dealkylation sites (tertiary alicyclic amines) is 1. The Morgan fingerprint density at radius 3 is 2.87 bits per heavy atom. The average Bonchev–Trinajstić information content (AvgIpc) is 2.65. The molecule has 2 aliphatic rings. The van der Waals surface area contributed by atoms with E-state index in [1.54, 1.807) is 0 Å². The summed E-state index contributed by atoms with van der Waals surface area (Å²) in [5, 5.41) is 3.15. The van der Waals surface area contributed by atoms with Gasteiger partial charge in [-0.2, -0.15) is 0 Å². The molecule has 0 radical (unpaired) electrons. The van der Waals surface area contributed by atoms with Crippen molar-refractivity contribution in [1.82, 2.24) is 10.2 Å². The third-order valence-corrected chi connectivity index (χ3v) is 2.76. The number of nitrogens with zero attached hydrogens (tertiary/aromatic N) is 1. The van der Waals surface area contributed by atoms with Crippen molar-refractivity contribution in [3.05, 3.63) is 0 Å². The van der Waals surface area contributed by atoms with Gasteiger partial charge in [0.2, 0.25) is 5.91 Å². The van der Waals surface area contributed by atoms with Crippen LogP contribution in [-0.2, 0) is 9.53 Å². The Morgan fingerprint density at radius 2 is 2.33 bits per heavy atom. The molecule has 15 heavy (non-hydrogen) atoms. The first-order chi connectivity index (χ1) is 6.77. The van der Waals surface area contributed by atoms with Gasteiger partial charge in [-0.1, -0.05) is 0 Å². The molecule has 2 saturated heterocycles. The number of halogens is 1. The minimum atomic E-state index is -0.158. The molecule has 0 aliphatic carbocycles. The topological polar surface area (TPSA) is 67.6 Å². The lowest BCUT2D eigenvalue weighted by molar-refractivity contribution is -0.135. The fourth-order valence-corrected chi connectivity index (χ4v) is 1.93. The lowest BCUT2D eigenvalue weighted by Crippen LogP contribution is -2.52. The molecule has 88 valence electrons. The Bertz CT molecular complexity index is 215. The minimum Gasteiger partial charge on any atom is -0.378 e. The van der Waals surface area contributed by atoms with E-state index in [0.717, 1.165) is 19.5 Å². The van der Waals surface area contributed by atoms with E-state index >= 15 is 0 Å². The van der Waals surface area contributed by atoms with Gasteiger partial charge in [0.25, 0.3) is 0 Å². The summed E-state index contributed by atoms with van der Waals surface area (Å²) in [6, 6.07) is -0.00231. The third kappa shape index (κ3) is 3.04. The largest absolute Gasteiger partial charge is 0.378 e. The quantitative estimate of drug-likeness (QED) is 0.609. The minimum absolute atomic E-state index is 0. The molecule has 0 bridgehead atoms. The van der Waals surface area contributed by atoms with Crippen molar-refractivity contribution >= 4 is 18.3 Å². The number of nitrogens with two attached hydrogens (primary N) is 1. The molecule has 2 aliphatic heterocycles. The third-order valence-electron chi connectivity index (χ3n) is 2.76. The first-order valence-electron chi connectivity index (χ1n) is 5.13. The lowest BCUT2D eigenvalue weighted by Gasteiger charge is -2.27. The second kappa shape index (κ2) is 5.65. The summed E-state index contributed by atoms with van der Waals surface area (Å²) < 4.78 is 5.25. The van der Waals surface area contributed by atoms with E-state index in [0.29, 0.717) is 19.8 Å². The number of rotatable bonds is 1. The van der Waals surface area contributed by atoms with E-state index in [9.17, 15) is 4.79 Å². The zero-order valence-corrected chi connectivity index (χ0v) is 9.46. The zero-order chi connectivity index (χ0) is 9.97. The fourth-order valence-electron chi connectivity index (χ4n) is 1.93. The van der Waals surface area contributed by atoms with E-state index in [4.69, 9.17) is 10.5 Å². The smallest absolute Gasteiger partial charge is 0.242 e. The monoisotopic (exact) mass is 235 g/mol. The van der Waals surface area contributed by atoms with Crippen molar-refractivity contribution in [3.8, 4) is 0 Å². The molecule has 0 aromatic heterocycles. The lowest BCUT2D eigenvalue weighted by atomic mass is 10.2. The SMILES string of the molecule is Cl.N[C@@H]1CCN(C(=O)[C@H]2COCCN2)C1. The van der Waals surface area contributed by atoms with E-state index in [1.165, 1.54) is 0 Å². The van der Waals surface area contributed by atoms with Gasteiger partial charge in [0, 0.05) is 25.7 Å². The molecule has 0 aromatic carbocycles. The summed E-state index contributed by atoms with van der Waals surface area (Å²) in [7, 11) is 0. The van der Waals surface area contributed by atoms with Crippen LogP contribution in [0.25, 0.3) is 0 Å². The predicted octanol–water partition coefficient (Wildman–Crippen LogP) is -1.04. The van der Waals surface area contributed by atoms with Gasteiger partial charge in [-0.3, -0.25) is 4.79 Å². The Balaban J connectivity index is 0.00000112. The van der Waals surface area contributed by atoms with E-state index in [1.807, 2.05) is 4.90 Å². The molecule has 0 unspecified atom stereocenters. The Kier molecular flexibility index (Phi) is 4.79. The van der Waals surface area contributed by atoms with Crippen LogP contribution in [0.3, 0.4) is 0 Å². The molecule has 2 fully saturated rings. The Hall–Kier alpha value is -0.360. The van der Waals surface area contributed by atoms with Crippen LogP contribution in [-0.4, -0.2) is 55.7 Å². The number of nitrogens with one attached hydrogen (secondary N) is 1. The van der Waals surface area contributed by atoms with Crippen molar-refractivity contribution in [2.75, 3.05) is 32.8 Å². The summed E-state index contributed by atoms with van der Waals surface area (Å²) in [5.41, 5.74) is 5.75. The second-order valence-electron chi connectivity index (χ2n) is 3.91. The Morgan fingerprint density at radius 1 is 1.53 bits per heavy atom. The first kappa shape index (κ1) is 12.7. The van der Waals surface area contributed by atoms with Crippen LogP contribution in [0.1, 0.15) is 6.42 Å². The van der Waals surface area contributed by atoms with E-state index in [2.05, 4.69) is 5.32 Å². The molecular weight excluding hydrogens is 218 g/mol. The van der Waals surface area contributed by atoms with Crippen LogP contribution in [0.5, 0.6) is 0 Å². The molecular formula is C9H18ClN3O2. The van der Waals surface area contributed by atoms with Gasteiger partial charge in [0.05, 0.1) is 13.2 Å². The van der Waals surface area contributed by atoms with Crippen LogP contribution < -0.4 is 11.1 Å². The van der Waals surface area contributed by atoms with Gasteiger partial charge < -0.3 is 20.7 Å². The Labute approximate surface area is 95.7 Å². The molecule has 0 saturated carbocycles. The highest BCUT2D eigenvalue weighted by atomic mass is 35.5. The number of ether oxygens (including phenoxy) is 1. The highest BCUT2D eigenvalue weighted by Crippen LogP contribution is 2.09. The highest BCUT2D eigenvalue weighted by molar-refractivity contribution is 5.85. The molecule has 0 spiro atoms. The maximum atomic E-state index is 11.9. The van der Waals surface area contributed by atoms with E-state index < -0.39 is 0 Å². The highest BCUT2D eigenvalue weighted by Gasteiger charge is 2.30.